The minimum Gasteiger partial charge on any atom is -0.288 e. The molecule has 3 nitrogen and oxygen atoms in total. The molecule has 0 saturated carbocycles. The molecule has 2 heterocycles. The van der Waals surface area contributed by atoms with Crippen LogP contribution in [0, 0.1) is 13.8 Å². The molecule has 2 aromatic heterocycles. The third-order valence-corrected chi connectivity index (χ3v) is 2.90. The monoisotopic (exact) mass is 218 g/mol. The normalized spacial score (nSPS) is 10.3. The average molecular weight is 218 g/mol. The first-order valence-corrected chi connectivity index (χ1v) is 5.35. The van der Waals surface area contributed by atoms with Crippen LogP contribution >= 0.6 is 11.5 Å². The second kappa shape index (κ2) is 3.90. The zero-order chi connectivity index (χ0) is 10.8. The fourth-order valence-corrected chi connectivity index (χ4v) is 1.93. The standard InChI is InChI=1S/C11H10N2OS/c1-7-3-4-9(6-12-7)11(14)10-5-8(2)13-15-10/h3-6H,1-2H3. The van der Waals surface area contributed by atoms with E-state index in [1.807, 2.05) is 19.9 Å². The molecule has 0 aromatic carbocycles. The molecule has 0 radical (unpaired) electrons. The Labute approximate surface area is 92.0 Å². The molecule has 0 fully saturated rings. The predicted molar refractivity (Wildman–Crippen MR) is 59.3 cm³/mol. The number of carbonyl (C=O) groups excluding carboxylic acids is 1. The Kier molecular flexibility index (Phi) is 2.60. The zero-order valence-electron chi connectivity index (χ0n) is 8.52. The zero-order valence-corrected chi connectivity index (χ0v) is 9.34. The molecule has 0 atom stereocenters. The van der Waals surface area contributed by atoms with Crippen LogP contribution in [0.4, 0.5) is 0 Å². The van der Waals surface area contributed by atoms with Gasteiger partial charge in [0.2, 0.25) is 5.78 Å². The number of aryl methyl sites for hydroxylation is 2. The van der Waals surface area contributed by atoms with Crippen LogP contribution in [-0.4, -0.2) is 15.1 Å². The van der Waals surface area contributed by atoms with Gasteiger partial charge in [-0.3, -0.25) is 9.78 Å². The Bertz CT molecular complexity index is 488. The summed E-state index contributed by atoms with van der Waals surface area (Å²) in [7, 11) is 0. The minimum atomic E-state index is -0.00639. The first-order chi connectivity index (χ1) is 7.16. The van der Waals surface area contributed by atoms with Gasteiger partial charge < -0.3 is 0 Å². The van der Waals surface area contributed by atoms with Crippen molar-refractivity contribution in [2.24, 2.45) is 0 Å². The highest BCUT2D eigenvalue weighted by molar-refractivity contribution is 7.08. The quantitative estimate of drug-likeness (QED) is 0.727. The summed E-state index contributed by atoms with van der Waals surface area (Å²) in [6.07, 6.45) is 1.60. The number of aromatic nitrogens is 2. The van der Waals surface area contributed by atoms with Gasteiger partial charge in [0.15, 0.2) is 0 Å². The van der Waals surface area contributed by atoms with E-state index in [4.69, 9.17) is 0 Å². The molecule has 0 bridgehead atoms. The summed E-state index contributed by atoms with van der Waals surface area (Å²) in [5.41, 5.74) is 2.40. The van der Waals surface area contributed by atoms with Crippen molar-refractivity contribution >= 4 is 17.3 Å². The van der Waals surface area contributed by atoms with Crippen LogP contribution in [0.5, 0.6) is 0 Å². The topological polar surface area (TPSA) is 42.9 Å². The van der Waals surface area contributed by atoms with E-state index in [0.717, 1.165) is 11.4 Å². The number of rotatable bonds is 2. The maximum Gasteiger partial charge on any atom is 0.206 e. The van der Waals surface area contributed by atoms with Crippen LogP contribution in [0.1, 0.15) is 26.6 Å². The van der Waals surface area contributed by atoms with E-state index in [1.54, 1.807) is 18.3 Å². The Morgan fingerprint density at radius 3 is 2.60 bits per heavy atom. The molecule has 4 heteroatoms. The highest BCUT2D eigenvalue weighted by Crippen LogP contribution is 2.14. The Morgan fingerprint density at radius 2 is 2.07 bits per heavy atom. The second-order valence-corrected chi connectivity index (χ2v) is 4.15. The van der Waals surface area contributed by atoms with Gasteiger partial charge in [-0.25, -0.2) is 0 Å². The predicted octanol–water partition coefficient (Wildman–Crippen LogP) is 2.39. The fraction of sp³-hybridized carbons (Fsp3) is 0.182. The van der Waals surface area contributed by atoms with Crippen molar-refractivity contribution in [1.29, 1.82) is 0 Å². The summed E-state index contributed by atoms with van der Waals surface area (Å²) in [6, 6.07) is 5.42. The molecular formula is C11H10N2OS. The van der Waals surface area contributed by atoms with Gasteiger partial charge in [-0.2, -0.15) is 4.37 Å². The lowest BCUT2D eigenvalue weighted by molar-refractivity contribution is 0.104. The third kappa shape index (κ3) is 2.10. The molecule has 0 aliphatic carbocycles. The van der Waals surface area contributed by atoms with Crippen molar-refractivity contribution in [3.05, 3.63) is 46.2 Å². The number of hydrogen-bond donors (Lipinski definition) is 0. The molecular weight excluding hydrogens is 208 g/mol. The largest absolute Gasteiger partial charge is 0.288 e. The first kappa shape index (κ1) is 9.98. The lowest BCUT2D eigenvalue weighted by Crippen LogP contribution is -1.99. The van der Waals surface area contributed by atoms with Crippen LogP contribution in [0.15, 0.2) is 24.4 Å². The number of nitrogens with zero attached hydrogens (tertiary/aromatic N) is 2. The van der Waals surface area contributed by atoms with E-state index in [-0.39, 0.29) is 5.78 Å². The summed E-state index contributed by atoms with van der Waals surface area (Å²) >= 11 is 1.23. The van der Waals surface area contributed by atoms with Gasteiger partial charge in [-0.1, -0.05) is 0 Å². The second-order valence-electron chi connectivity index (χ2n) is 3.35. The van der Waals surface area contributed by atoms with Crippen molar-refractivity contribution in [3.63, 3.8) is 0 Å². The van der Waals surface area contributed by atoms with Gasteiger partial charge in [0.05, 0.1) is 10.6 Å². The summed E-state index contributed by atoms with van der Waals surface area (Å²) in [5.74, 6) is -0.00639. The third-order valence-electron chi connectivity index (χ3n) is 2.03. The van der Waals surface area contributed by atoms with Gasteiger partial charge >= 0.3 is 0 Å². The van der Waals surface area contributed by atoms with E-state index < -0.39 is 0 Å². The van der Waals surface area contributed by atoms with Gasteiger partial charge in [0, 0.05) is 17.5 Å². The summed E-state index contributed by atoms with van der Waals surface area (Å²) in [4.78, 5) is 16.7. The number of ketones is 1. The number of hydrogen-bond acceptors (Lipinski definition) is 4. The smallest absolute Gasteiger partial charge is 0.206 e. The summed E-state index contributed by atoms with van der Waals surface area (Å²) in [6.45, 7) is 3.77. The Morgan fingerprint density at radius 1 is 1.27 bits per heavy atom. The molecule has 0 saturated heterocycles. The van der Waals surface area contributed by atoms with Gasteiger partial charge in [-0.15, -0.1) is 0 Å². The van der Waals surface area contributed by atoms with Crippen LogP contribution in [-0.2, 0) is 0 Å². The van der Waals surface area contributed by atoms with Gasteiger partial charge in [-0.05, 0) is 43.6 Å². The van der Waals surface area contributed by atoms with Crippen LogP contribution in [0.3, 0.4) is 0 Å². The first-order valence-electron chi connectivity index (χ1n) is 4.57. The summed E-state index contributed by atoms with van der Waals surface area (Å²) < 4.78 is 4.08. The molecule has 76 valence electrons. The minimum absolute atomic E-state index is 0.00639. The Balaban J connectivity index is 2.32. The van der Waals surface area contributed by atoms with E-state index in [0.29, 0.717) is 10.4 Å². The van der Waals surface area contributed by atoms with Crippen LogP contribution < -0.4 is 0 Å². The van der Waals surface area contributed by atoms with Crippen molar-refractivity contribution in [2.75, 3.05) is 0 Å². The van der Waals surface area contributed by atoms with Crippen molar-refractivity contribution in [1.82, 2.24) is 9.36 Å². The van der Waals surface area contributed by atoms with E-state index >= 15 is 0 Å². The molecule has 0 N–H and O–H groups in total. The highest BCUT2D eigenvalue weighted by Gasteiger charge is 2.11. The molecule has 0 unspecified atom stereocenters. The van der Waals surface area contributed by atoms with Gasteiger partial charge in [0.1, 0.15) is 0 Å². The molecule has 0 spiro atoms. The molecule has 2 rings (SSSR count). The van der Waals surface area contributed by atoms with Crippen LogP contribution in [0.25, 0.3) is 0 Å². The van der Waals surface area contributed by atoms with Crippen molar-refractivity contribution in [2.45, 2.75) is 13.8 Å². The SMILES string of the molecule is Cc1ccc(C(=O)c2cc(C)ns2)cn1. The lowest BCUT2D eigenvalue weighted by Gasteiger charge is -1.96. The average Bonchev–Trinajstić information content (AvgIpc) is 2.65. The summed E-state index contributed by atoms with van der Waals surface area (Å²) in [5, 5.41) is 0. The lowest BCUT2D eigenvalue weighted by atomic mass is 10.1. The molecule has 0 amide bonds. The van der Waals surface area contributed by atoms with E-state index in [1.165, 1.54) is 11.5 Å². The van der Waals surface area contributed by atoms with Gasteiger partial charge in [0.25, 0.3) is 0 Å². The number of carbonyl (C=O) groups is 1. The van der Waals surface area contributed by atoms with Crippen LogP contribution in [0.2, 0.25) is 0 Å². The molecule has 2 aromatic rings. The number of pyridine rings is 1. The molecule has 15 heavy (non-hydrogen) atoms. The fourth-order valence-electron chi connectivity index (χ4n) is 1.21. The van der Waals surface area contributed by atoms with Crippen molar-refractivity contribution in [3.8, 4) is 0 Å². The molecule has 0 aliphatic heterocycles. The van der Waals surface area contributed by atoms with E-state index in [2.05, 4.69) is 9.36 Å². The maximum atomic E-state index is 11.9. The van der Waals surface area contributed by atoms with E-state index in [9.17, 15) is 4.79 Å². The Hall–Kier alpha value is -1.55. The highest BCUT2D eigenvalue weighted by atomic mass is 32.1. The maximum absolute atomic E-state index is 11.9. The molecule has 0 aliphatic rings. The van der Waals surface area contributed by atoms with Crippen molar-refractivity contribution < 1.29 is 4.79 Å².